The van der Waals surface area contributed by atoms with Crippen LogP contribution in [0.2, 0.25) is 0 Å². The van der Waals surface area contributed by atoms with Gasteiger partial charge in [-0.3, -0.25) is 4.90 Å². The van der Waals surface area contributed by atoms with E-state index in [1.54, 1.807) is 7.11 Å². The highest BCUT2D eigenvalue weighted by atomic mass is 16.5. The predicted molar refractivity (Wildman–Crippen MR) is 59.5 cm³/mol. The Bertz CT molecular complexity index is 279. The highest BCUT2D eigenvalue weighted by molar-refractivity contribution is 5.27. The predicted octanol–water partition coefficient (Wildman–Crippen LogP) is 2.31. The maximum absolute atomic E-state index is 5.09. The summed E-state index contributed by atoms with van der Waals surface area (Å²) in [6.45, 7) is 5.56. The number of hydrogen-bond donors (Lipinski definition) is 0. The van der Waals surface area contributed by atoms with Crippen molar-refractivity contribution in [3.05, 3.63) is 42.5 Å². The first kappa shape index (κ1) is 10.8. The molecule has 0 N–H and O–H groups in total. The summed E-state index contributed by atoms with van der Waals surface area (Å²) >= 11 is 0. The lowest BCUT2D eigenvalue weighted by Crippen LogP contribution is -2.17. The smallest absolute Gasteiger partial charge is 0.118 e. The van der Waals surface area contributed by atoms with E-state index >= 15 is 0 Å². The van der Waals surface area contributed by atoms with Gasteiger partial charge in [-0.1, -0.05) is 18.2 Å². The molecule has 0 amide bonds. The zero-order chi connectivity index (χ0) is 10.4. The minimum Gasteiger partial charge on any atom is -0.497 e. The second-order valence-electron chi connectivity index (χ2n) is 3.33. The van der Waals surface area contributed by atoms with Gasteiger partial charge in [0.25, 0.3) is 0 Å². The van der Waals surface area contributed by atoms with E-state index in [4.69, 9.17) is 4.74 Å². The number of nitrogens with zero attached hydrogens (tertiary/aromatic N) is 1. The molecule has 0 atom stereocenters. The van der Waals surface area contributed by atoms with Gasteiger partial charge in [0.2, 0.25) is 0 Å². The van der Waals surface area contributed by atoms with E-state index in [9.17, 15) is 0 Å². The second-order valence-corrected chi connectivity index (χ2v) is 3.33. The fourth-order valence-electron chi connectivity index (χ4n) is 1.33. The zero-order valence-electron chi connectivity index (χ0n) is 8.86. The van der Waals surface area contributed by atoms with Crippen LogP contribution in [0.3, 0.4) is 0 Å². The minimum absolute atomic E-state index is 0.903. The molecule has 1 rings (SSSR count). The van der Waals surface area contributed by atoms with Crippen LogP contribution >= 0.6 is 0 Å². The number of rotatable bonds is 5. The van der Waals surface area contributed by atoms with Gasteiger partial charge < -0.3 is 4.74 Å². The SMILES string of the molecule is C=CCN(C)Cc1ccc(OC)cc1. The van der Waals surface area contributed by atoms with Gasteiger partial charge in [-0.25, -0.2) is 0 Å². The molecule has 14 heavy (non-hydrogen) atoms. The molecule has 0 aliphatic carbocycles. The van der Waals surface area contributed by atoms with Crippen LogP contribution in [-0.4, -0.2) is 25.6 Å². The molecule has 0 bridgehead atoms. The molecular formula is C12H17NO. The van der Waals surface area contributed by atoms with Crippen molar-refractivity contribution >= 4 is 0 Å². The number of hydrogen-bond acceptors (Lipinski definition) is 2. The molecule has 1 aromatic rings. The van der Waals surface area contributed by atoms with Crippen molar-refractivity contribution < 1.29 is 4.74 Å². The Morgan fingerprint density at radius 1 is 1.36 bits per heavy atom. The second kappa shape index (κ2) is 5.45. The topological polar surface area (TPSA) is 12.5 Å². The molecule has 2 heteroatoms. The summed E-state index contributed by atoms with van der Waals surface area (Å²) in [5.74, 6) is 0.903. The summed E-state index contributed by atoms with van der Waals surface area (Å²) in [6.07, 6.45) is 1.91. The lowest BCUT2D eigenvalue weighted by atomic mass is 10.2. The van der Waals surface area contributed by atoms with Gasteiger partial charge in [0, 0.05) is 13.1 Å². The van der Waals surface area contributed by atoms with Gasteiger partial charge in [0.15, 0.2) is 0 Å². The molecule has 0 aliphatic rings. The standard InChI is InChI=1S/C12H17NO/c1-4-9-13(2)10-11-5-7-12(14-3)8-6-11/h4-8H,1,9-10H2,2-3H3. The molecule has 0 saturated heterocycles. The average molecular weight is 191 g/mol. The summed E-state index contributed by atoms with van der Waals surface area (Å²) in [6, 6.07) is 8.13. The Morgan fingerprint density at radius 2 is 2.00 bits per heavy atom. The van der Waals surface area contributed by atoms with Crippen LogP contribution < -0.4 is 4.74 Å². The van der Waals surface area contributed by atoms with Crippen LogP contribution in [0.5, 0.6) is 5.75 Å². The summed E-state index contributed by atoms with van der Waals surface area (Å²) in [7, 11) is 3.75. The van der Waals surface area contributed by atoms with Crippen LogP contribution in [0.1, 0.15) is 5.56 Å². The molecule has 1 aromatic carbocycles. The third kappa shape index (κ3) is 3.23. The van der Waals surface area contributed by atoms with E-state index in [-0.39, 0.29) is 0 Å². The van der Waals surface area contributed by atoms with Crippen LogP contribution in [-0.2, 0) is 6.54 Å². The maximum atomic E-state index is 5.09. The zero-order valence-corrected chi connectivity index (χ0v) is 8.86. The van der Waals surface area contributed by atoms with Gasteiger partial charge in [-0.05, 0) is 24.7 Å². The largest absolute Gasteiger partial charge is 0.497 e. The first-order chi connectivity index (χ1) is 6.76. The maximum Gasteiger partial charge on any atom is 0.118 e. The highest BCUT2D eigenvalue weighted by Gasteiger charge is 1.98. The molecule has 0 heterocycles. The molecule has 0 radical (unpaired) electrons. The van der Waals surface area contributed by atoms with Gasteiger partial charge in [-0.2, -0.15) is 0 Å². The Morgan fingerprint density at radius 3 is 2.50 bits per heavy atom. The fourth-order valence-corrected chi connectivity index (χ4v) is 1.33. The molecule has 2 nitrogen and oxygen atoms in total. The average Bonchev–Trinajstić information content (AvgIpc) is 2.19. The molecule has 76 valence electrons. The van der Waals surface area contributed by atoms with Crippen molar-refractivity contribution in [3.8, 4) is 5.75 Å². The summed E-state index contributed by atoms with van der Waals surface area (Å²) in [4.78, 5) is 2.20. The van der Waals surface area contributed by atoms with Gasteiger partial charge in [0.1, 0.15) is 5.75 Å². The van der Waals surface area contributed by atoms with Crippen molar-refractivity contribution in [1.82, 2.24) is 4.90 Å². The van der Waals surface area contributed by atoms with Crippen molar-refractivity contribution in [2.75, 3.05) is 20.7 Å². The summed E-state index contributed by atoms with van der Waals surface area (Å²) < 4.78 is 5.09. The van der Waals surface area contributed by atoms with Gasteiger partial charge >= 0.3 is 0 Å². The number of ether oxygens (including phenoxy) is 1. The molecular weight excluding hydrogens is 174 g/mol. The Labute approximate surface area is 85.8 Å². The highest BCUT2D eigenvalue weighted by Crippen LogP contribution is 2.12. The third-order valence-electron chi connectivity index (χ3n) is 2.05. The van der Waals surface area contributed by atoms with E-state index in [1.807, 2.05) is 18.2 Å². The normalized spacial score (nSPS) is 10.2. The Balaban J connectivity index is 2.54. The van der Waals surface area contributed by atoms with E-state index in [1.165, 1.54) is 5.56 Å². The lowest BCUT2D eigenvalue weighted by Gasteiger charge is -2.14. The first-order valence-electron chi connectivity index (χ1n) is 4.68. The van der Waals surface area contributed by atoms with E-state index in [2.05, 4.69) is 30.7 Å². The first-order valence-corrected chi connectivity index (χ1v) is 4.68. The lowest BCUT2D eigenvalue weighted by molar-refractivity contribution is 0.363. The quantitative estimate of drug-likeness (QED) is 0.662. The van der Waals surface area contributed by atoms with Crippen LogP contribution in [0.15, 0.2) is 36.9 Å². The van der Waals surface area contributed by atoms with E-state index in [0.717, 1.165) is 18.8 Å². The van der Waals surface area contributed by atoms with Crippen molar-refractivity contribution in [3.63, 3.8) is 0 Å². The molecule has 0 saturated carbocycles. The molecule has 0 aromatic heterocycles. The monoisotopic (exact) mass is 191 g/mol. The molecule has 0 fully saturated rings. The van der Waals surface area contributed by atoms with Crippen LogP contribution in [0, 0.1) is 0 Å². The van der Waals surface area contributed by atoms with Crippen LogP contribution in [0.25, 0.3) is 0 Å². The molecule has 0 aliphatic heterocycles. The molecule has 0 unspecified atom stereocenters. The fraction of sp³-hybridized carbons (Fsp3) is 0.333. The number of benzene rings is 1. The summed E-state index contributed by atoms with van der Waals surface area (Å²) in [5.41, 5.74) is 1.29. The number of likely N-dealkylation sites (N-methyl/N-ethyl adjacent to an activating group) is 1. The van der Waals surface area contributed by atoms with Crippen molar-refractivity contribution in [1.29, 1.82) is 0 Å². The van der Waals surface area contributed by atoms with Crippen molar-refractivity contribution in [2.24, 2.45) is 0 Å². The minimum atomic E-state index is 0.903. The van der Waals surface area contributed by atoms with E-state index < -0.39 is 0 Å². The van der Waals surface area contributed by atoms with Crippen molar-refractivity contribution in [2.45, 2.75) is 6.54 Å². The third-order valence-corrected chi connectivity index (χ3v) is 2.05. The van der Waals surface area contributed by atoms with Gasteiger partial charge in [0.05, 0.1) is 7.11 Å². The van der Waals surface area contributed by atoms with E-state index in [0.29, 0.717) is 0 Å². The number of methoxy groups -OCH3 is 1. The Hall–Kier alpha value is -1.28. The van der Waals surface area contributed by atoms with Gasteiger partial charge in [-0.15, -0.1) is 6.58 Å². The van der Waals surface area contributed by atoms with Crippen LogP contribution in [0.4, 0.5) is 0 Å². The summed E-state index contributed by atoms with van der Waals surface area (Å²) in [5, 5.41) is 0. The Kier molecular flexibility index (Phi) is 4.20. The molecule has 0 spiro atoms.